The van der Waals surface area contributed by atoms with Gasteiger partial charge in [-0.2, -0.15) is 11.3 Å². The van der Waals surface area contributed by atoms with Crippen molar-refractivity contribution in [2.75, 3.05) is 12.4 Å². The number of anilines is 1. The SMILES string of the molecule is COc1ccc(C)cc1-c1csc(NC(=O)c2sc(-c3ccsc3)nc2C)n1. The Bertz CT molecular complexity index is 1130. The summed E-state index contributed by atoms with van der Waals surface area (Å²) in [6, 6.07) is 7.96. The van der Waals surface area contributed by atoms with Crippen LogP contribution in [0.15, 0.2) is 40.4 Å². The van der Waals surface area contributed by atoms with Gasteiger partial charge in [-0.15, -0.1) is 22.7 Å². The molecule has 142 valence electrons. The van der Waals surface area contributed by atoms with E-state index in [9.17, 15) is 4.79 Å². The summed E-state index contributed by atoms with van der Waals surface area (Å²) in [4.78, 5) is 22.5. The molecule has 0 aliphatic rings. The number of aryl methyl sites for hydroxylation is 2. The average molecular weight is 428 g/mol. The van der Waals surface area contributed by atoms with Crippen molar-refractivity contribution >= 4 is 45.0 Å². The number of thiazole rings is 2. The van der Waals surface area contributed by atoms with Gasteiger partial charge in [-0.1, -0.05) is 11.6 Å². The molecule has 0 saturated heterocycles. The summed E-state index contributed by atoms with van der Waals surface area (Å²) < 4.78 is 5.44. The molecule has 0 unspecified atom stereocenters. The monoisotopic (exact) mass is 427 g/mol. The summed E-state index contributed by atoms with van der Waals surface area (Å²) >= 11 is 4.40. The Morgan fingerprint density at radius 1 is 1.14 bits per heavy atom. The molecule has 0 radical (unpaired) electrons. The molecule has 0 atom stereocenters. The topological polar surface area (TPSA) is 64.1 Å². The predicted octanol–water partition coefficient (Wildman–Crippen LogP) is 5.87. The first-order chi connectivity index (χ1) is 13.5. The van der Waals surface area contributed by atoms with E-state index in [-0.39, 0.29) is 5.91 Å². The minimum atomic E-state index is -0.186. The molecule has 0 saturated carbocycles. The van der Waals surface area contributed by atoms with Crippen LogP contribution in [0.3, 0.4) is 0 Å². The van der Waals surface area contributed by atoms with Crippen LogP contribution in [0.25, 0.3) is 21.8 Å². The molecular weight excluding hydrogens is 410 g/mol. The Kier molecular flexibility index (Phi) is 5.25. The number of carbonyl (C=O) groups is 1. The van der Waals surface area contributed by atoms with E-state index < -0.39 is 0 Å². The lowest BCUT2D eigenvalue weighted by Crippen LogP contribution is -2.11. The zero-order valence-corrected chi connectivity index (χ0v) is 17.9. The van der Waals surface area contributed by atoms with Crippen LogP contribution in [0.2, 0.25) is 0 Å². The highest BCUT2D eigenvalue weighted by Gasteiger charge is 2.18. The number of ether oxygens (including phenoxy) is 1. The van der Waals surface area contributed by atoms with Gasteiger partial charge in [0, 0.05) is 21.9 Å². The van der Waals surface area contributed by atoms with E-state index in [4.69, 9.17) is 4.74 Å². The summed E-state index contributed by atoms with van der Waals surface area (Å²) in [5.41, 5.74) is 4.57. The number of amides is 1. The quantitative estimate of drug-likeness (QED) is 0.432. The number of hydrogen-bond donors (Lipinski definition) is 1. The van der Waals surface area contributed by atoms with Crippen LogP contribution in [0.1, 0.15) is 20.9 Å². The van der Waals surface area contributed by atoms with Crippen molar-refractivity contribution in [1.82, 2.24) is 9.97 Å². The molecule has 28 heavy (non-hydrogen) atoms. The lowest BCUT2D eigenvalue weighted by molar-refractivity contribution is 0.103. The number of nitrogens with one attached hydrogen (secondary N) is 1. The van der Waals surface area contributed by atoms with Crippen molar-refractivity contribution in [3.8, 4) is 27.6 Å². The summed E-state index contributed by atoms with van der Waals surface area (Å²) in [6.45, 7) is 3.88. The van der Waals surface area contributed by atoms with Gasteiger partial charge >= 0.3 is 0 Å². The van der Waals surface area contributed by atoms with E-state index in [1.54, 1.807) is 18.4 Å². The highest BCUT2D eigenvalue weighted by Crippen LogP contribution is 2.34. The molecule has 0 fully saturated rings. The number of benzene rings is 1. The summed E-state index contributed by atoms with van der Waals surface area (Å²) in [5, 5.41) is 10.3. The van der Waals surface area contributed by atoms with E-state index >= 15 is 0 Å². The van der Waals surface area contributed by atoms with Crippen molar-refractivity contribution in [3.63, 3.8) is 0 Å². The van der Waals surface area contributed by atoms with Crippen LogP contribution in [-0.2, 0) is 0 Å². The Morgan fingerprint density at radius 2 is 2.00 bits per heavy atom. The van der Waals surface area contributed by atoms with Gasteiger partial charge in [0.25, 0.3) is 5.91 Å². The van der Waals surface area contributed by atoms with E-state index in [0.29, 0.717) is 10.0 Å². The second kappa shape index (κ2) is 7.83. The minimum Gasteiger partial charge on any atom is -0.496 e. The number of hydrogen-bond acceptors (Lipinski definition) is 7. The fourth-order valence-electron chi connectivity index (χ4n) is 2.75. The molecule has 4 aromatic rings. The van der Waals surface area contributed by atoms with Crippen LogP contribution in [0, 0.1) is 13.8 Å². The first kappa shape index (κ1) is 18.8. The molecule has 0 bridgehead atoms. The number of rotatable bonds is 5. The Hall–Kier alpha value is -2.55. The summed E-state index contributed by atoms with van der Waals surface area (Å²) in [7, 11) is 1.64. The maximum absolute atomic E-state index is 12.7. The van der Waals surface area contributed by atoms with Crippen LogP contribution >= 0.6 is 34.0 Å². The van der Waals surface area contributed by atoms with E-state index in [1.165, 1.54) is 22.7 Å². The summed E-state index contributed by atoms with van der Waals surface area (Å²) in [5.74, 6) is 0.570. The predicted molar refractivity (Wildman–Crippen MR) is 117 cm³/mol. The number of carbonyl (C=O) groups excluding carboxylic acids is 1. The smallest absolute Gasteiger partial charge is 0.269 e. The molecule has 8 heteroatoms. The number of thiophene rings is 1. The molecule has 0 aliphatic heterocycles. The Labute approximate surface area is 174 Å². The van der Waals surface area contributed by atoms with Crippen LogP contribution < -0.4 is 10.1 Å². The molecular formula is C20H17N3O2S3. The van der Waals surface area contributed by atoms with E-state index in [0.717, 1.165) is 38.8 Å². The van der Waals surface area contributed by atoms with Gasteiger partial charge in [-0.3, -0.25) is 10.1 Å². The number of aromatic nitrogens is 2. The van der Waals surface area contributed by atoms with Crippen molar-refractivity contribution in [3.05, 3.63) is 56.5 Å². The number of methoxy groups -OCH3 is 1. The van der Waals surface area contributed by atoms with Gasteiger partial charge in [0.05, 0.1) is 18.5 Å². The zero-order chi connectivity index (χ0) is 19.7. The average Bonchev–Trinajstić information content (AvgIpc) is 3.42. The fourth-order valence-corrected chi connectivity index (χ4v) is 5.13. The van der Waals surface area contributed by atoms with Crippen molar-refractivity contribution in [2.45, 2.75) is 13.8 Å². The normalized spacial score (nSPS) is 10.8. The first-order valence-corrected chi connectivity index (χ1v) is 11.1. The van der Waals surface area contributed by atoms with Gasteiger partial charge in [-0.05, 0) is 37.4 Å². The third-order valence-corrected chi connectivity index (χ3v) is 6.77. The molecule has 1 N–H and O–H groups in total. The standard InChI is InChI=1S/C20H17N3O2S3/c1-11-4-5-16(25-3)14(8-11)15-10-27-20(22-15)23-18(24)17-12(2)21-19(28-17)13-6-7-26-9-13/h4-10H,1-3H3,(H,22,23,24). The molecule has 3 aromatic heterocycles. The highest BCUT2D eigenvalue weighted by molar-refractivity contribution is 7.18. The molecule has 0 spiro atoms. The van der Waals surface area contributed by atoms with Crippen LogP contribution in [0.5, 0.6) is 5.75 Å². The Morgan fingerprint density at radius 3 is 2.75 bits per heavy atom. The molecule has 0 aliphatic carbocycles. The molecule has 4 rings (SSSR count). The van der Waals surface area contributed by atoms with E-state index in [2.05, 4.69) is 15.3 Å². The second-order valence-corrected chi connectivity index (χ2v) is 8.78. The molecule has 1 aromatic carbocycles. The maximum atomic E-state index is 12.7. The third-order valence-electron chi connectivity index (χ3n) is 4.13. The lowest BCUT2D eigenvalue weighted by Gasteiger charge is -2.07. The Balaban J connectivity index is 1.56. The van der Waals surface area contributed by atoms with Crippen LogP contribution in [-0.4, -0.2) is 23.0 Å². The number of nitrogens with zero attached hydrogens (tertiary/aromatic N) is 2. The maximum Gasteiger partial charge on any atom is 0.269 e. The van der Waals surface area contributed by atoms with Crippen LogP contribution in [0.4, 0.5) is 5.13 Å². The van der Waals surface area contributed by atoms with E-state index in [1.807, 2.05) is 54.3 Å². The largest absolute Gasteiger partial charge is 0.496 e. The third kappa shape index (κ3) is 3.71. The van der Waals surface area contributed by atoms with Gasteiger partial charge in [0.15, 0.2) is 5.13 Å². The van der Waals surface area contributed by atoms with Crippen molar-refractivity contribution < 1.29 is 9.53 Å². The minimum absolute atomic E-state index is 0.186. The first-order valence-electron chi connectivity index (χ1n) is 8.47. The molecule has 3 heterocycles. The molecule has 1 amide bonds. The zero-order valence-electron chi connectivity index (χ0n) is 15.5. The highest BCUT2D eigenvalue weighted by atomic mass is 32.1. The summed E-state index contributed by atoms with van der Waals surface area (Å²) in [6.07, 6.45) is 0. The van der Waals surface area contributed by atoms with Gasteiger partial charge < -0.3 is 4.74 Å². The second-order valence-electron chi connectivity index (χ2n) is 6.14. The van der Waals surface area contributed by atoms with Gasteiger partial charge in [0.2, 0.25) is 0 Å². The van der Waals surface area contributed by atoms with Gasteiger partial charge in [-0.25, -0.2) is 9.97 Å². The van der Waals surface area contributed by atoms with Crippen molar-refractivity contribution in [1.29, 1.82) is 0 Å². The lowest BCUT2D eigenvalue weighted by atomic mass is 10.1. The fraction of sp³-hybridized carbons (Fsp3) is 0.150. The van der Waals surface area contributed by atoms with Gasteiger partial charge in [0.1, 0.15) is 15.6 Å². The molecule has 5 nitrogen and oxygen atoms in total. The van der Waals surface area contributed by atoms with Crippen molar-refractivity contribution in [2.24, 2.45) is 0 Å².